The highest BCUT2D eigenvalue weighted by Gasteiger charge is 2.37. The third-order valence-corrected chi connectivity index (χ3v) is 6.63. The molecule has 2 heterocycles. The molecule has 1 aromatic rings. The van der Waals surface area contributed by atoms with Crippen LogP contribution in [0.4, 0.5) is 0 Å². The normalized spacial score (nSPS) is 25.8. The molecule has 0 aromatic heterocycles. The van der Waals surface area contributed by atoms with Crippen molar-refractivity contribution < 1.29 is 18.0 Å². The average molecular weight is 337 g/mol. The summed E-state index contributed by atoms with van der Waals surface area (Å²) >= 11 is 0. The predicted molar refractivity (Wildman–Crippen MR) is 83.7 cm³/mol. The second kappa shape index (κ2) is 5.40. The predicted octanol–water partition coefficient (Wildman–Crippen LogP) is 0.283. The van der Waals surface area contributed by atoms with E-state index < -0.39 is 21.8 Å². The Hall–Kier alpha value is -1.77. The van der Waals surface area contributed by atoms with E-state index in [9.17, 15) is 18.0 Å². The molecule has 7 nitrogen and oxygen atoms in total. The molecule has 0 spiro atoms. The van der Waals surface area contributed by atoms with Gasteiger partial charge in [-0.25, -0.2) is 8.42 Å². The average Bonchev–Trinajstić information content (AvgIpc) is 2.74. The van der Waals surface area contributed by atoms with Gasteiger partial charge in [0.1, 0.15) is 0 Å². The second-order valence-electron chi connectivity index (χ2n) is 5.98. The molecule has 0 saturated carbocycles. The minimum Gasteiger partial charge on any atom is -0.311 e. The van der Waals surface area contributed by atoms with Crippen molar-refractivity contribution in [1.29, 1.82) is 0 Å². The van der Waals surface area contributed by atoms with Crippen molar-refractivity contribution in [2.24, 2.45) is 0 Å². The molecule has 0 aliphatic carbocycles. The first-order valence-electron chi connectivity index (χ1n) is 7.47. The van der Waals surface area contributed by atoms with E-state index in [-0.39, 0.29) is 28.1 Å². The van der Waals surface area contributed by atoms with Crippen LogP contribution in [0.3, 0.4) is 0 Å². The van der Waals surface area contributed by atoms with Crippen LogP contribution in [-0.2, 0) is 10.0 Å². The Bertz CT molecular complexity index is 790. The van der Waals surface area contributed by atoms with Crippen LogP contribution in [0.25, 0.3) is 0 Å². The molecule has 2 amide bonds. The number of carbonyl (C=O) groups excluding carboxylic acids is 2. The van der Waals surface area contributed by atoms with Crippen LogP contribution >= 0.6 is 0 Å². The zero-order valence-electron chi connectivity index (χ0n) is 13.2. The molecular weight excluding hydrogens is 318 g/mol. The lowest BCUT2D eigenvalue weighted by Crippen LogP contribution is -2.57. The van der Waals surface area contributed by atoms with Crippen molar-refractivity contribution in [3.63, 3.8) is 0 Å². The summed E-state index contributed by atoms with van der Waals surface area (Å²) in [7, 11) is -2.33. The SMILES string of the molecule is CC1NCCN(S(=O)(=O)c2ccc3c(c2)C(=O)N(C)C3=O)C1C. The molecule has 1 saturated heterocycles. The Morgan fingerprint density at radius 2 is 1.78 bits per heavy atom. The number of hydrogen-bond donors (Lipinski definition) is 1. The number of piperazine rings is 1. The maximum absolute atomic E-state index is 12.9. The van der Waals surface area contributed by atoms with Crippen molar-refractivity contribution >= 4 is 21.8 Å². The number of nitrogens with zero attached hydrogens (tertiary/aromatic N) is 2. The molecule has 23 heavy (non-hydrogen) atoms. The number of amides is 2. The summed E-state index contributed by atoms with van der Waals surface area (Å²) in [5.41, 5.74) is 0.396. The summed E-state index contributed by atoms with van der Waals surface area (Å²) in [4.78, 5) is 25.0. The number of imide groups is 1. The van der Waals surface area contributed by atoms with Crippen molar-refractivity contribution in [3.05, 3.63) is 29.3 Å². The van der Waals surface area contributed by atoms with Gasteiger partial charge in [0.2, 0.25) is 10.0 Å². The minimum absolute atomic E-state index is 0.0438. The van der Waals surface area contributed by atoms with E-state index in [1.54, 1.807) is 0 Å². The maximum Gasteiger partial charge on any atom is 0.261 e. The fourth-order valence-electron chi connectivity index (χ4n) is 3.00. The molecule has 2 unspecified atom stereocenters. The van der Waals surface area contributed by atoms with Gasteiger partial charge in [-0.15, -0.1) is 0 Å². The highest BCUT2D eigenvalue weighted by molar-refractivity contribution is 7.89. The van der Waals surface area contributed by atoms with Gasteiger partial charge in [-0.1, -0.05) is 0 Å². The van der Waals surface area contributed by atoms with Gasteiger partial charge in [-0.2, -0.15) is 4.31 Å². The Morgan fingerprint density at radius 1 is 1.13 bits per heavy atom. The maximum atomic E-state index is 12.9. The highest BCUT2D eigenvalue weighted by atomic mass is 32.2. The first-order valence-corrected chi connectivity index (χ1v) is 8.91. The number of fused-ring (bicyclic) bond motifs is 1. The zero-order chi connectivity index (χ0) is 16.9. The van der Waals surface area contributed by atoms with Gasteiger partial charge in [0.15, 0.2) is 0 Å². The first kappa shape index (κ1) is 16.1. The van der Waals surface area contributed by atoms with Crippen LogP contribution in [0.5, 0.6) is 0 Å². The van der Waals surface area contributed by atoms with Gasteiger partial charge in [-0.3, -0.25) is 14.5 Å². The minimum atomic E-state index is -3.71. The topological polar surface area (TPSA) is 86.8 Å². The van der Waals surface area contributed by atoms with Crippen molar-refractivity contribution in [1.82, 2.24) is 14.5 Å². The molecule has 1 aromatic carbocycles. The zero-order valence-corrected chi connectivity index (χ0v) is 14.1. The molecule has 0 radical (unpaired) electrons. The molecule has 1 N–H and O–H groups in total. The number of carbonyl (C=O) groups is 2. The highest BCUT2D eigenvalue weighted by Crippen LogP contribution is 2.27. The second-order valence-corrected chi connectivity index (χ2v) is 7.87. The molecule has 3 rings (SSSR count). The van der Waals surface area contributed by atoms with Crippen LogP contribution in [0.2, 0.25) is 0 Å². The summed E-state index contributed by atoms with van der Waals surface area (Å²) in [5.74, 6) is -0.873. The number of benzene rings is 1. The lowest BCUT2D eigenvalue weighted by molar-refractivity contribution is 0.0693. The van der Waals surface area contributed by atoms with Gasteiger partial charge in [0, 0.05) is 32.2 Å². The largest absolute Gasteiger partial charge is 0.311 e. The van der Waals surface area contributed by atoms with E-state index in [1.165, 1.54) is 29.6 Å². The standard InChI is InChI=1S/C15H19N3O4S/c1-9-10(2)18(7-6-16-9)23(21,22)11-4-5-12-13(8-11)15(20)17(3)14(12)19/h4-5,8-10,16H,6-7H2,1-3H3. The van der Waals surface area contributed by atoms with Gasteiger partial charge in [-0.05, 0) is 32.0 Å². The summed E-state index contributed by atoms with van der Waals surface area (Å²) in [6.07, 6.45) is 0. The van der Waals surface area contributed by atoms with Crippen LogP contribution in [-0.4, -0.2) is 61.7 Å². The smallest absolute Gasteiger partial charge is 0.261 e. The monoisotopic (exact) mass is 337 g/mol. The molecule has 2 aliphatic heterocycles. The van der Waals surface area contributed by atoms with E-state index in [0.717, 1.165) is 4.90 Å². The third-order valence-electron chi connectivity index (χ3n) is 4.64. The van der Waals surface area contributed by atoms with Gasteiger partial charge in [0.05, 0.1) is 16.0 Å². The van der Waals surface area contributed by atoms with E-state index in [2.05, 4.69) is 5.32 Å². The van der Waals surface area contributed by atoms with Gasteiger partial charge < -0.3 is 5.32 Å². The summed E-state index contributed by atoms with van der Waals surface area (Å²) in [6, 6.07) is 3.98. The van der Waals surface area contributed by atoms with Gasteiger partial charge >= 0.3 is 0 Å². The van der Waals surface area contributed by atoms with Crippen molar-refractivity contribution in [2.75, 3.05) is 20.1 Å². The molecule has 2 atom stereocenters. The fraction of sp³-hybridized carbons (Fsp3) is 0.467. The van der Waals surface area contributed by atoms with E-state index in [1.807, 2.05) is 13.8 Å². The van der Waals surface area contributed by atoms with Crippen LogP contribution in [0.1, 0.15) is 34.6 Å². The molecular formula is C15H19N3O4S. The molecule has 0 bridgehead atoms. The summed E-state index contributed by atoms with van der Waals surface area (Å²) in [6.45, 7) is 4.74. The Kier molecular flexibility index (Phi) is 3.78. The molecule has 2 aliphatic rings. The van der Waals surface area contributed by atoms with Crippen LogP contribution in [0.15, 0.2) is 23.1 Å². The molecule has 1 fully saturated rings. The summed E-state index contributed by atoms with van der Waals surface area (Å²) in [5, 5.41) is 3.23. The van der Waals surface area contributed by atoms with Crippen molar-refractivity contribution in [3.8, 4) is 0 Å². The van der Waals surface area contributed by atoms with Crippen LogP contribution in [0, 0.1) is 0 Å². The van der Waals surface area contributed by atoms with E-state index in [0.29, 0.717) is 13.1 Å². The molecule has 124 valence electrons. The fourth-order valence-corrected chi connectivity index (χ4v) is 4.73. The van der Waals surface area contributed by atoms with Crippen molar-refractivity contribution in [2.45, 2.75) is 30.8 Å². The van der Waals surface area contributed by atoms with Crippen LogP contribution < -0.4 is 5.32 Å². The first-order chi connectivity index (χ1) is 10.7. The third kappa shape index (κ3) is 2.37. The number of sulfonamides is 1. The lowest BCUT2D eigenvalue weighted by Gasteiger charge is -2.37. The lowest BCUT2D eigenvalue weighted by atomic mass is 10.1. The quantitative estimate of drug-likeness (QED) is 0.784. The Balaban J connectivity index is 2.03. The number of hydrogen-bond acceptors (Lipinski definition) is 5. The Labute approximate surface area is 135 Å². The summed E-state index contributed by atoms with van der Waals surface area (Å²) < 4.78 is 27.2. The molecule has 8 heteroatoms. The van der Waals surface area contributed by atoms with E-state index >= 15 is 0 Å². The number of rotatable bonds is 2. The van der Waals surface area contributed by atoms with Gasteiger partial charge in [0.25, 0.3) is 11.8 Å². The van der Waals surface area contributed by atoms with E-state index in [4.69, 9.17) is 0 Å². The Morgan fingerprint density at radius 3 is 2.48 bits per heavy atom. The number of nitrogens with one attached hydrogen (secondary N) is 1.